The molecule has 0 aliphatic heterocycles. The summed E-state index contributed by atoms with van der Waals surface area (Å²) >= 11 is 6.36. The van der Waals surface area contributed by atoms with E-state index >= 15 is 8.78 Å². The Kier molecular flexibility index (Phi) is 5.40. The maximum absolute atomic E-state index is 15.4. The lowest BCUT2D eigenvalue weighted by molar-refractivity contribution is -0.173. The third-order valence-corrected chi connectivity index (χ3v) is 6.85. The van der Waals surface area contributed by atoms with Crippen LogP contribution in [0.3, 0.4) is 0 Å². The van der Waals surface area contributed by atoms with Crippen LogP contribution >= 0.6 is 11.6 Å². The first kappa shape index (κ1) is 22.5. The van der Waals surface area contributed by atoms with Crippen LogP contribution in [0.2, 0.25) is 5.02 Å². The van der Waals surface area contributed by atoms with Gasteiger partial charge in [-0.2, -0.15) is 8.78 Å². The Hall–Kier alpha value is -3.31. The molecule has 172 valence electrons. The number of ketones is 1. The van der Waals surface area contributed by atoms with Gasteiger partial charge in [-0.25, -0.2) is 4.79 Å². The number of fused-ring (bicyclic) bond motifs is 5. The predicted molar refractivity (Wildman–Crippen MR) is 127 cm³/mol. The van der Waals surface area contributed by atoms with Crippen molar-refractivity contribution in [2.75, 3.05) is 6.61 Å². The molecule has 6 heteroatoms. The second kappa shape index (κ2) is 8.17. The number of rotatable bonds is 5. The first-order valence-corrected chi connectivity index (χ1v) is 11.4. The fraction of sp³-hybridized carbons (Fsp3) is 0.214. The monoisotopic (exact) mass is 478 g/mol. The van der Waals surface area contributed by atoms with Gasteiger partial charge in [-0.15, -0.1) is 0 Å². The molecule has 3 nitrogen and oxygen atoms in total. The number of hydrogen-bond acceptors (Lipinski definition) is 3. The molecule has 0 heterocycles. The van der Waals surface area contributed by atoms with E-state index in [2.05, 4.69) is 0 Å². The molecule has 3 aromatic carbocycles. The summed E-state index contributed by atoms with van der Waals surface area (Å²) in [6, 6.07) is 21.6. The zero-order valence-electron chi connectivity index (χ0n) is 18.4. The molecule has 0 aromatic heterocycles. The van der Waals surface area contributed by atoms with Gasteiger partial charge in [0.2, 0.25) is 0 Å². The fourth-order valence-corrected chi connectivity index (χ4v) is 5.55. The standard InChI is InChI=1S/C28H21ClF2O3/c1-2-34-26(33)28(30,31)16-27-15-23(32)19-10-6-7-11-20(19)25(27)24(17-8-4-3-5-9-17)21-14-18(29)12-13-22(21)27/h3-14H,2,15-16H2,1H3. The normalized spacial score (nSPS) is 18.9. The molecule has 1 atom stereocenters. The number of benzene rings is 3. The van der Waals surface area contributed by atoms with Crippen LogP contribution in [-0.2, 0) is 14.9 Å². The van der Waals surface area contributed by atoms with Crippen molar-refractivity contribution < 1.29 is 23.1 Å². The summed E-state index contributed by atoms with van der Waals surface area (Å²) in [7, 11) is 0. The maximum Gasteiger partial charge on any atom is 0.377 e. The molecule has 0 radical (unpaired) electrons. The second-order valence-electron chi connectivity index (χ2n) is 8.64. The minimum absolute atomic E-state index is 0.159. The van der Waals surface area contributed by atoms with Gasteiger partial charge in [-0.1, -0.05) is 72.3 Å². The lowest BCUT2D eigenvalue weighted by Crippen LogP contribution is -2.43. The summed E-state index contributed by atoms with van der Waals surface area (Å²) in [4.78, 5) is 25.6. The van der Waals surface area contributed by atoms with Gasteiger partial charge >= 0.3 is 11.9 Å². The van der Waals surface area contributed by atoms with Gasteiger partial charge < -0.3 is 4.74 Å². The molecule has 0 spiro atoms. The van der Waals surface area contributed by atoms with Gasteiger partial charge in [0.15, 0.2) is 5.78 Å². The van der Waals surface area contributed by atoms with Crippen molar-refractivity contribution in [3.8, 4) is 0 Å². The fourth-order valence-electron chi connectivity index (χ4n) is 5.38. The highest BCUT2D eigenvalue weighted by atomic mass is 35.5. The van der Waals surface area contributed by atoms with Crippen molar-refractivity contribution in [2.24, 2.45) is 0 Å². The lowest BCUT2D eigenvalue weighted by Gasteiger charge is -2.39. The number of allylic oxidation sites excluding steroid dienone is 1. The maximum atomic E-state index is 15.4. The zero-order valence-corrected chi connectivity index (χ0v) is 19.2. The minimum atomic E-state index is -3.79. The van der Waals surface area contributed by atoms with Gasteiger partial charge in [0, 0.05) is 28.8 Å². The third-order valence-electron chi connectivity index (χ3n) is 6.61. The predicted octanol–water partition coefficient (Wildman–Crippen LogP) is 6.73. The number of ether oxygens (including phenoxy) is 1. The Balaban J connectivity index is 1.86. The average Bonchev–Trinajstić information content (AvgIpc) is 3.08. The smallest absolute Gasteiger partial charge is 0.377 e. The SMILES string of the molecule is CCOC(=O)C(F)(F)CC12CC(=O)c3ccccc3C1=C(c1ccccc1)c1cc(Cl)ccc12. The van der Waals surface area contributed by atoms with Gasteiger partial charge in [0.25, 0.3) is 0 Å². The van der Waals surface area contributed by atoms with Crippen LogP contribution in [-0.4, -0.2) is 24.3 Å². The Morgan fingerprint density at radius 2 is 1.68 bits per heavy atom. The number of carbonyl (C=O) groups excluding carboxylic acids is 2. The highest BCUT2D eigenvalue weighted by molar-refractivity contribution is 6.31. The van der Waals surface area contributed by atoms with Crippen LogP contribution < -0.4 is 0 Å². The molecular formula is C28H21ClF2O3. The van der Waals surface area contributed by atoms with Crippen LogP contribution in [0.25, 0.3) is 11.1 Å². The number of alkyl halides is 2. The number of hydrogen-bond donors (Lipinski definition) is 0. The van der Waals surface area contributed by atoms with E-state index in [0.29, 0.717) is 32.8 Å². The Labute approximate surface area is 201 Å². The van der Waals surface area contributed by atoms with E-state index in [1.165, 1.54) is 6.92 Å². The number of esters is 1. The van der Waals surface area contributed by atoms with E-state index in [1.54, 1.807) is 42.5 Å². The van der Waals surface area contributed by atoms with Crippen molar-refractivity contribution in [2.45, 2.75) is 31.1 Å². The second-order valence-corrected chi connectivity index (χ2v) is 9.07. The van der Waals surface area contributed by atoms with Crippen molar-refractivity contribution >= 4 is 34.5 Å². The van der Waals surface area contributed by atoms with E-state index in [1.807, 2.05) is 30.3 Å². The van der Waals surface area contributed by atoms with E-state index in [-0.39, 0.29) is 18.8 Å². The topological polar surface area (TPSA) is 43.4 Å². The van der Waals surface area contributed by atoms with Crippen molar-refractivity contribution in [1.29, 1.82) is 0 Å². The summed E-state index contributed by atoms with van der Waals surface area (Å²) < 4.78 is 35.5. The molecule has 0 fully saturated rings. The lowest BCUT2D eigenvalue weighted by atomic mass is 9.63. The zero-order chi connectivity index (χ0) is 24.1. The van der Waals surface area contributed by atoms with Crippen LogP contribution in [0.15, 0.2) is 72.8 Å². The molecule has 1 unspecified atom stereocenters. The van der Waals surface area contributed by atoms with Gasteiger partial charge in [-0.05, 0) is 52.5 Å². The van der Waals surface area contributed by atoms with E-state index in [9.17, 15) is 9.59 Å². The van der Waals surface area contributed by atoms with Crippen LogP contribution in [0.5, 0.6) is 0 Å². The molecular weight excluding hydrogens is 458 g/mol. The Morgan fingerprint density at radius 3 is 2.38 bits per heavy atom. The first-order valence-electron chi connectivity index (χ1n) is 11.1. The molecule has 0 saturated heterocycles. The van der Waals surface area contributed by atoms with Crippen LogP contribution in [0.1, 0.15) is 52.4 Å². The molecule has 3 aromatic rings. The highest BCUT2D eigenvalue weighted by Gasteiger charge is 2.57. The van der Waals surface area contributed by atoms with Crippen molar-refractivity contribution in [3.05, 3.63) is 106 Å². The van der Waals surface area contributed by atoms with E-state index < -0.39 is 23.7 Å². The van der Waals surface area contributed by atoms with Crippen LogP contribution in [0, 0.1) is 0 Å². The van der Waals surface area contributed by atoms with Gasteiger partial charge in [0.05, 0.1) is 6.61 Å². The average molecular weight is 479 g/mol. The number of carbonyl (C=O) groups is 2. The molecule has 2 aliphatic rings. The molecule has 0 amide bonds. The Bertz CT molecular complexity index is 1350. The largest absolute Gasteiger partial charge is 0.462 e. The van der Waals surface area contributed by atoms with Gasteiger partial charge in [-0.3, -0.25) is 4.79 Å². The highest BCUT2D eigenvalue weighted by Crippen LogP contribution is 2.61. The first-order chi connectivity index (χ1) is 16.3. The van der Waals surface area contributed by atoms with E-state index in [4.69, 9.17) is 16.3 Å². The van der Waals surface area contributed by atoms with Crippen molar-refractivity contribution in [1.82, 2.24) is 0 Å². The minimum Gasteiger partial charge on any atom is -0.462 e. The summed E-state index contributed by atoms with van der Waals surface area (Å²) in [6.45, 7) is 1.33. The van der Waals surface area contributed by atoms with Gasteiger partial charge in [0.1, 0.15) is 0 Å². The molecule has 0 saturated carbocycles. The number of Topliss-reactive ketones (excluding diaryl/α,β-unsaturated/α-hetero) is 1. The molecule has 2 aliphatic carbocycles. The number of halogens is 3. The quantitative estimate of drug-likeness (QED) is 0.382. The summed E-state index contributed by atoms with van der Waals surface area (Å²) in [5.41, 5.74) is 3.13. The summed E-state index contributed by atoms with van der Waals surface area (Å²) in [5.74, 6) is -5.62. The summed E-state index contributed by atoms with van der Waals surface area (Å²) in [5, 5.41) is 0.457. The molecule has 0 N–H and O–H groups in total. The van der Waals surface area contributed by atoms with E-state index in [0.717, 1.165) is 11.1 Å². The van der Waals surface area contributed by atoms with Crippen molar-refractivity contribution in [3.63, 3.8) is 0 Å². The third kappa shape index (κ3) is 3.38. The Morgan fingerprint density at radius 1 is 1.00 bits per heavy atom. The summed E-state index contributed by atoms with van der Waals surface area (Å²) in [6.07, 6.45) is -1.06. The molecule has 5 rings (SSSR count). The van der Waals surface area contributed by atoms with Crippen LogP contribution in [0.4, 0.5) is 8.78 Å². The molecule has 34 heavy (non-hydrogen) atoms. The molecule has 0 bridgehead atoms.